The Bertz CT molecular complexity index is 2090. The quantitative estimate of drug-likeness (QED) is 0.0468. The third-order valence-corrected chi connectivity index (χ3v) is 14.6. The van der Waals surface area contributed by atoms with E-state index >= 15 is 0 Å². The van der Waals surface area contributed by atoms with E-state index in [4.69, 9.17) is 0 Å². The maximum Gasteiger partial charge on any atom is 0.181 e. The van der Waals surface area contributed by atoms with E-state index in [0.29, 0.717) is 11.1 Å². The average molecular weight is 937 g/mol. The van der Waals surface area contributed by atoms with Gasteiger partial charge in [-0.2, -0.15) is 0 Å². The molecule has 0 fully saturated rings. The summed E-state index contributed by atoms with van der Waals surface area (Å²) in [6, 6.07) is 32.6. The van der Waals surface area contributed by atoms with Crippen molar-refractivity contribution in [3.05, 3.63) is 131 Å². The summed E-state index contributed by atoms with van der Waals surface area (Å²) in [5.74, 6) is -0.811. The number of allylic oxidation sites excluding steroid dienone is 4. The smallest absolute Gasteiger partial charge is 0.181 e. The van der Waals surface area contributed by atoms with Crippen LogP contribution in [0.2, 0.25) is 0 Å². The summed E-state index contributed by atoms with van der Waals surface area (Å²) in [5.41, 5.74) is 8.79. The van der Waals surface area contributed by atoms with Crippen molar-refractivity contribution in [1.82, 2.24) is 0 Å². The molecule has 2 aliphatic carbocycles. The summed E-state index contributed by atoms with van der Waals surface area (Å²) in [7, 11) is 4.26. The Morgan fingerprint density at radius 2 is 0.638 bits per heavy atom. The number of aliphatic hydroxyl groups excluding tert-OH is 2. The highest BCUT2D eigenvalue weighted by Crippen LogP contribution is 2.45. The number of ketones is 2. The van der Waals surface area contributed by atoms with Crippen LogP contribution in [0.5, 0.6) is 0 Å². The molecule has 0 bridgehead atoms. The standard InChI is InChI=1S/C61H84N4O4/c1-7-11-42-64(43-12-8-2)52-36-28-48(29-37-52)56-58(66)54(59(56)67)46-24-32-50(33-25-46)62(5)40-22-20-18-16-15-17-19-21-23-41-63(6)51-34-26-47(27-35-51)55-60(68)57(61(55)69)49-30-38-53(39-31-49)65(44-13-9-3)45-14-10-4/h24-39,56-57,66,68H,7-23,40-45H2,1-6H3. The van der Waals surface area contributed by atoms with Gasteiger partial charge in [-0.25, -0.2) is 0 Å². The summed E-state index contributed by atoms with van der Waals surface area (Å²) in [6.45, 7) is 15.0. The van der Waals surface area contributed by atoms with E-state index in [-0.39, 0.29) is 23.1 Å². The van der Waals surface area contributed by atoms with Crippen molar-refractivity contribution in [2.24, 2.45) is 0 Å². The van der Waals surface area contributed by atoms with Crippen molar-refractivity contribution < 1.29 is 19.8 Å². The molecule has 2 unspecified atom stereocenters. The van der Waals surface area contributed by atoms with E-state index in [0.717, 1.165) is 137 Å². The minimum absolute atomic E-state index is 0.00938. The molecule has 0 saturated carbocycles. The molecule has 8 heteroatoms. The molecule has 0 amide bonds. The molecule has 0 aromatic heterocycles. The fraction of sp³-hybridized carbons (Fsp3) is 0.508. The van der Waals surface area contributed by atoms with Crippen molar-refractivity contribution in [2.45, 2.75) is 149 Å². The highest BCUT2D eigenvalue weighted by Gasteiger charge is 2.42. The van der Waals surface area contributed by atoms with Crippen LogP contribution < -0.4 is 19.6 Å². The van der Waals surface area contributed by atoms with Gasteiger partial charge in [-0.05, 0) is 109 Å². The molecule has 6 rings (SSSR count). The summed E-state index contributed by atoms with van der Waals surface area (Å²) in [6.07, 6.45) is 20.4. The fourth-order valence-electron chi connectivity index (χ4n) is 9.97. The molecule has 8 nitrogen and oxygen atoms in total. The predicted molar refractivity (Wildman–Crippen MR) is 293 cm³/mol. The van der Waals surface area contributed by atoms with Gasteiger partial charge in [0.1, 0.15) is 23.4 Å². The molecular formula is C61H84N4O4. The number of Topliss-reactive ketones (excluding diaryl/α,β-unsaturated/α-hetero) is 2. The van der Waals surface area contributed by atoms with E-state index in [1.165, 1.54) is 56.3 Å². The van der Waals surface area contributed by atoms with Crippen LogP contribution >= 0.6 is 0 Å². The second-order valence-electron chi connectivity index (χ2n) is 19.8. The van der Waals surface area contributed by atoms with Crippen LogP contribution in [-0.4, -0.2) is 75.1 Å². The van der Waals surface area contributed by atoms with Crippen LogP contribution in [0.4, 0.5) is 22.7 Å². The van der Waals surface area contributed by atoms with Gasteiger partial charge in [0.05, 0.1) is 11.1 Å². The molecule has 0 saturated heterocycles. The van der Waals surface area contributed by atoms with Crippen molar-refractivity contribution in [1.29, 1.82) is 0 Å². The summed E-state index contributed by atoms with van der Waals surface area (Å²) < 4.78 is 0. The third-order valence-electron chi connectivity index (χ3n) is 14.6. The fourth-order valence-corrected chi connectivity index (χ4v) is 9.97. The highest BCUT2D eigenvalue weighted by atomic mass is 16.3. The first-order valence-electron chi connectivity index (χ1n) is 26.9. The molecule has 0 heterocycles. The molecule has 2 aliphatic rings. The van der Waals surface area contributed by atoms with Gasteiger partial charge in [0.2, 0.25) is 0 Å². The molecule has 0 spiro atoms. The molecule has 372 valence electrons. The first kappa shape index (κ1) is 52.9. The maximum absolute atomic E-state index is 13.4. The number of hydrogen-bond acceptors (Lipinski definition) is 8. The van der Waals surface area contributed by atoms with Crippen LogP contribution in [0.25, 0.3) is 11.1 Å². The molecule has 69 heavy (non-hydrogen) atoms. The van der Waals surface area contributed by atoms with Gasteiger partial charge in [-0.1, -0.05) is 147 Å². The lowest BCUT2D eigenvalue weighted by atomic mass is 9.75. The normalized spacial score (nSPS) is 15.6. The van der Waals surface area contributed by atoms with Gasteiger partial charge in [-0.15, -0.1) is 0 Å². The SMILES string of the molecule is CCCCN(CCCC)c1ccc(C2C(=O)C(c3ccc(N(C)CCCCCCCCCCCN(C)c4ccc(C5=C(O)C(c6ccc(N(CCCC)CCCC)cc6)C5=O)cc4)cc3)=C2O)cc1. The summed E-state index contributed by atoms with van der Waals surface area (Å²) >= 11 is 0. The summed E-state index contributed by atoms with van der Waals surface area (Å²) in [4.78, 5) is 36.1. The molecule has 2 N–H and O–H groups in total. The average Bonchev–Trinajstić information content (AvgIpc) is 3.36. The van der Waals surface area contributed by atoms with E-state index in [1.807, 2.05) is 48.5 Å². The lowest BCUT2D eigenvalue weighted by Gasteiger charge is -2.30. The molecule has 4 aromatic rings. The molecule has 0 radical (unpaired) electrons. The Morgan fingerprint density at radius 1 is 0.362 bits per heavy atom. The zero-order valence-corrected chi connectivity index (χ0v) is 43.2. The van der Waals surface area contributed by atoms with E-state index in [2.05, 4.69) is 110 Å². The van der Waals surface area contributed by atoms with Gasteiger partial charge < -0.3 is 29.8 Å². The lowest BCUT2D eigenvalue weighted by molar-refractivity contribution is -0.117. The monoisotopic (exact) mass is 937 g/mol. The second-order valence-corrected chi connectivity index (χ2v) is 19.8. The Hall–Kier alpha value is -5.50. The van der Waals surface area contributed by atoms with Gasteiger partial charge in [0.25, 0.3) is 0 Å². The topological polar surface area (TPSA) is 87.6 Å². The molecular weight excluding hydrogens is 853 g/mol. The van der Waals surface area contributed by atoms with Crippen LogP contribution in [0.1, 0.15) is 171 Å². The number of aliphatic hydroxyl groups is 2. The second kappa shape index (κ2) is 27.0. The van der Waals surface area contributed by atoms with Crippen LogP contribution in [0.15, 0.2) is 109 Å². The summed E-state index contributed by atoms with van der Waals surface area (Å²) in [5, 5.41) is 22.2. The molecule has 2 atom stereocenters. The Morgan fingerprint density at radius 3 is 0.913 bits per heavy atom. The molecule has 0 aliphatic heterocycles. The number of rotatable bonds is 32. The van der Waals surface area contributed by atoms with E-state index < -0.39 is 11.8 Å². The zero-order chi connectivity index (χ0) is 49.1. The Kier molecular flexibility index (Phi) is 20.7. The van der Waals surface area contributed by atoms with Gasteiger partial charge in [-0.3, -0.25) is 9.59 Å². The van der Waals surface area contributed by atoms with Crippen LogP contribution in [-0.2, 0) is 9.59 Å². The van der Waals surface area contributed by atoms with Crippen LogP contribution in [0.3, 0.4) is 0 Å². The van der Waals surface area contributed by atoms with Gasteiger partial charge in [0.15, 0.2) is 11.6 Å². The first-order chi connectivity index (χ1) is 33.6. The number of anilines is 4. The van der Waals surface area contributed by atoms with Crippen molar-refractivity contribution in [2.75, 3.05) is 73.0 Å². The van der Waals surface area contributed by atoms with Gasteiger partial charge >= 0.3 is 0 Å². The Balaban J connectivity index is 0.831. The van der Waals surface area contributed by atoms with E-state index in [1.54, 1.807) is 0 Å². The predicted octanol–water partition coefficient (Wildman–Crippen LogP) is 14.9. The number of hydrogen-bond donors (Lipinski definition) is 2. The number of nitrogens with zero attached hydrogens (tertiary/aromatic N) is 4. The number of carbonyl (C=O) groups excluding carboxylic acids is 2. The highest BCUT2D eigenvalue weighted by molar-refractivity contribution is 6.32. The minimum atomic E-state index is -0.574. The largest absolute Gasteiger partial charge is 0.510 e. The first-order valence-corrected chi connectivity index (χ1v) is 26.9. The van der Waals surface area contributed by atoms with Crippen molar-refractivity contribution in [3.63, 3.8) is 0 Å². The number of unbranched alkanes of at least 4 members (excludes halogenated alkanes) is 12. The van der Waals surface area contributed by atoms with Crippen LogP contribution in [0, 0.1) is 0 Å². The maximum atomic E-state index is 13.4. The number of benzene rings is 4. The Labute approximate surface area is 416 Å². The third kappa shape index (κ3) is 13.9. The zero-order valence-electron chi connectivity index (χ0n) is 43.2. The van der Waals surface area contributed by atoms with E-state index in [9.17, 15) is 19.8 Å². The lowest BCUT2D eigenvalue weighted by Crippen LogP contribution is -2.29. The van der Waals surface area contributed by atoms with Crippen molar-refractivity contribution in [3.8, 4) is 0 Å². The van der Waals surface area contributed by atoms with Crippen molar-refractivity contribution >= 4 is 45.5 Å². The number of carbonyl (C=O) groups is 2. The van der Waals surface area contributed by atoms with Gasteiger partial charge in [0, 0.05) is 76.1 Å². The molecule has 4 aromatic carbocycles. The minimum Gasteiger partial charge on any atom is -0.510 e.